The molecule has 2 aromatic rings. The van der Waals surface area contributed by atoms with Gasteiger partial charge in [-0.15, -0.1) is 0 Å². The van der Waals surface area contributed by atoms with E-state index in [4.69, 9.17) is 5.73 Å². The Kier molecular flexibility index (Phi) is 4.35. The Morgan fingerprint density at radius 1 is 1.04 bits per heavy atom. The van der Waals surface area contributed by atoms with Gasteiger partial charge in [-0.05, 0) is 17.7 Å². The quantitative estimate of drug-likeness (QED) is 0.669. The molecule has 2 atom stereocenters. The first-order valence-electron chi connectivity index (χ1n) is 7.45. The van der Waals surface area contributed by atoms with Crippen LogP contribution >= 0.6 is 0 Å². The van der Waals surface area contributed by atoms with E-state index in [-0.39, 0.29) is 29.1 Å². The summed E-state index contributed by atoms with van der Waals surface area (Å²) in [6.07, 6.45) is 0. The SMILES string of the molecule is N[C@@H]1CN(S(=O)(=O)c2ccc([N+](=O)[O-])cc2)C[C@H]1c1ccccc1. The van der Waals surface area contributed by atoms with Crippen LogP contribution in [0.3, 0.4) is 0 Å². The van der Waals surface area contributed by atoms with Gasteiger partial charge in [-0.3, -0.25) is 10.1 Å². The molecule has 0 aliphatic carbocycles. The number of benzene rings is 2. The second-order valence-corrected chi connectivity index (χ2v) is 7.69. The summed E-state index contributed by atoms with van der Waals surface area (Å²) in [5.41, 5.74) is 7.01. The predicted octanol–water partition coefficient (Wildman–Crippen LogP) is 1.71. The van der Waals surface area contributed by atoms with Crippen LogP contribution in [-0.2, 0) is 10.0 Å². The van der Waals surface area contributed by atoms with Crippen molar-refractivity contribution in [3.63, 3.8) is 0 Å². The first-order valence-corrected chi connectivity index (χ1v) is 8.89. The zero-order valence-electron chi connectivity index (χ0n) is 12.8. The molecule has 1 fully saturated rings. The van der Waals surface area contributed by atoms with Gasteiger partial charge >= 0.3 is 0 Å². The van der Waals surface area contributed by atoms with E-state index in [2.05, 4.69) is 0 Å². The number of non-ortho nitro benzene ring substituents is 1. The minimum atomic E-state index is -3.72. The highest BCUT2D eigenvalue weighted by molar-refractivity contribution is 7.89. The average molecular weight is 347 g/mol. The second kappa shape index (κ2) is 6.31. The van der Waals surface area contributed by atoms with Gasteiger partial charge in [0, 0.05) is 37.2 Å². The Labute approximate surface area is 139 Å². The molecule has 24 heavy (non-hydrogen) atoms. The van der Waals surface area contributed by atoms with Crippen molar-refractivity contribution in [1.29, 1.82) is 0 Å². The number of nitrogens with two attached hydrogens (primary N) is 1. The van der Waals surface area contributed by atoms with Crippen molar-refractivity contribution in [2.75, 3.05) is 13.1 Å². The summed E-state index contributed by atoms with van der Waals surface area (Å²) < 4.78 is 26.8. The van der Waals surface area contributed by atoms with E-state index in [1.165, 1.54) is 28.6 Å². The summed E-state index contributed by atoms with van der Waals surface area (Å²) in [6.45, 7) is 0.517. The minimum Gasteiger partial charge on any atom is -0.326 e. The van der Waals surface area contributed by atoms with Crippen LogP contribution in [0.4, 0.5) is 5.69 Å². The second-order valence-electron chi connectivity index (χ2n) is 5.75. The molecule has 0 spiro atoms. The zero-order chi connectivity index (χ0) is 17.3. The third kappa shape index (κ3) is 3.03. The van der Waals surface area contributed by atoms with Crippen LogP contribution in [0, 0.1) is 10.1 Å². The van der Waals surface area contributed by atoms with E-state index in [1.807, 2.05) is 30.3 Å². The van der Waals surface area contributed by atoms with Crippen LogP contribution < -0.4 is 5.73 Å². The molecule has 0 radical (unpaired) electrons. The first-order chi connectivity index (χ1) is 11.4. The Morgan fingerprint density at radius 2 is 1.67 bits per heavy atom. The number of sulfonamides is 1. The lowest BCUT2D eigenvalue weighted by atomic mass is 9.95. The molecule has 1 saturated heterocycles. The molecule has 0 saturated carbocycles. The summed E-state index contributed by atoms with van der Waals surface area (Å²) in [7, 11) is -3.72. The van der Waals surface area contributed by atoms with Crippen molar-refractivity contribution in [2.24, 2.45) is 5.73 Å². The maximum Gasteiger partial charge on any atom is 0.269 e. The van der Waals surface area contributed by atoms with E-state index >= 15 is 0 Å². The fourth-order valence-electron chi connectivity index (χ4n) is 2.93. The maximum absolute atomic E-state index is 12.7. The van der Waals surface area contributed by atoms with Gasteiger partial charge in [-0.25, -0.2) is 8.42 Å². The van der Waals surface area contributed by atoms with Crippen molar-refractivity contribution in [3.05, 3.63) is 70.3 Å². The van der Waals surface area contributed by atoms with Crippen LogP contribution in [0.2, 0.25) is 0 Å². The smallest absolute Gasteiger partial charge is 0.269 e. The molecule has 0 unspecified atom stereocenters. The van der Waals surface area contributed by atoms with Gasteiger partial charge in [0.25, 0.3) is 5.69 Å². The first kappa shape index (κ1) is 16.6. The molecule has 126 valence electrons. The van der Waals surface area contributed by atoms with Gasteiger partial charge in [0.05, 0.1) is 9.82 Å². The molecule has 1 aliphatic rings. The number of nitro groups is 1. The van der Waals surface area contributed by atoms with E-state index in [0.717, 1.165) is 5.56 Å². The topological polar surface area (TPSA) is 107 Å². The van der Waals surface area contributed by atoms with Crippen molar-refractivity contribution in [3.8, 4) is 0 Å². The summed E-state index contributed by atoms with van der Waals surface area (Å²) in [6, 6.07) is 14.2. The lowest BCUT2D eigenvalue weighted by Gasteiger charge is -2.16. The Bertz CT molecular complexity index is 837. The van der Waals surface area contributed by atoms with Crippen LogP contribution in [0.5, 0.6) is 0 Å². The van der Waals surface area contributed by atoms with Crippen LogP contribution in [0.25, 0.3) is 0 Å². The normalized spacial score (nSPS) is 21.7. The molecule has 0 bridgehead atoms. The number of hydrogen-bond acceptors (Lipinski definition) is 5. The molecule has 8 heteroatoms. The van der Waals surface area contributed by atoms with Crippen molar-refractivity contribution >= 4 is 15.7 Å². The molecule has 1 aliphatic heterocycles. The summed E-state index contributed by atoms with van der Waals surface area (Å²) in [5.74, 6) is -0.0703. The molecule has 2 aromatic carbocycles. The van der Waals surface area contributed by atoms with Crippen LogP contribution in [-0.4, -0.2) is 36.8 Å². The van der Waals surface area contributed by atoms with Crippen LogP contribution in [0.15, 0.2) is 59.5 Å². The van der Waals surface area contributed by atoms with E-state index in [9.17, 15) is 18.5 Å². The standard InChI is InChI=1S/C16H17N3O4S/c17-16-11-18(10-15(16)12-4-2-1-3-5-12)24(22,23)14-8-6-13(7-9-14)19(20)21/h1-9,15-16H,10-11,17H2/t15-,16+/m0/s1. The summed E-state index contributed by atoms with van der Waals surface area (Å²) in [4.78, 5) is 10.2. The molecule has 1 heterocycles. The van der Waals surface area contributed by atoms with Crippen molar-refractivity contribution in [2.45, 2.75) is 16.9 Å². The summed E-state index contributed by atoms with van der Waals surface area (Å²) >= 11 is 0. The Hall–Kier alpha value is -2.29. The lowest BCUT2D eigenvalue weighted by Crippen LogP contribution is -2.32. The van der Waals surface area contributed by atoms with E-state index in [0.29, 0.717) is 6.54 Å². The number of nitro benzene ring substituents is 1. The molecule has 0 aromatic heterocycles. The molecular formula is C16H17N3O4S. The molecule has 0 amide bonds. The fourth-order valence-corrected chi connectivity index (χ4v) is 4.43. The van der Waals surface area contributed by atoms with Crippen molar-refractivity contribution < 1.29 is 13.3 Å². The Balaban J connectivity index is 1.84. The predicted molar refractivity (Wildman–Crippen MR) is 89.0 cm³/mol. The molecule has 3 rings (SSSR count). The highest BCUT2D eigenvalue weighted by atomic mass is 32.2. The largest absolute Gasteiger partial charge is 0.326 e. The third-order valence-corrected chi connectivity index (χ3v) is 6.09. The van der Waals surface area contributed by atoms with Gasteiger partial charge < -0.3 is 5.73 Å². The van der Waals surface area contributed by atoms with Crippen molar-refractivity contribution in [1.82, 2.24) is 4.31 Å². The van der Waals surface area contributed by atoms with E-state index < -0.39 is 14.9 Å². The highest BCUT2D eigenvalue weighted by Crippen LogP contribution is 2.30. The maximum atomic E-state index is 12.7. The zero-order valence-corrected chi connectivity index (χ0v) is 13.6. The average Bonchev–Trinajstić information content (AvgIpc) is 2.98. The molecule has 7 nitrogen and oxygen atoms in total. The fraction of sp³-hybridized carbons (Fsp3) is 0.250. The summed E-state index contributed by atoms with van der Waals surface area (Å²) in [5, 5.41) is 10.7. The van der Waals surface area contributed by atoms with Gasteiger partial charge in [-0.1, -0.05) is 30.3 Å². The highest BCUT2D eigenvalue weighted by Gasteiger charge is 2.38. The third-order valence-electron chi connectivity index (χ3n) is 4.24. The van der Waals surface area contributed by atoms with E-state index in [1.54, 1.807) is 0 Å². The van der Waals surface area contributed by atoms with Gasteiger partial charge in [0.2, 0.25) is 10.0 Å². The minimum absolute atomic E-state index is 0.0361. The number of nitrogens with zero attached hydrogens (tertiary/aromatic N) is 2. The Morgan fingerprint density at radius 3 is 2.25 bits per heavy atom. The van der Waals surface area contributed by atoms with Gasteiger partial charge in [0.15, 0.2) is 0 Å². The lowest BCUT2D eigenvalue weighted by molar-refractivity contribution is -0.384. The van der Waals surface area contributed by atoms with Gasteiger partial charge in [-0.2, -0.15) is 4.31 Å². The monoisotopic (exact) mass is 347 g/mol. The molecular weight excluding hydrogens is 330 g/mol. The molecule has 2 N–H and O–H groups in total. The van der Waals surface area contributed by atoms with Crippen LogP contribution in [0.1, 0.15) is 11.5 Å². The van der Waals surface area contributed by atoms with Gasteiger partial charge in [0.1, 0.15) is 0 Å². The number of hydrogen-bond donors (Lipinski definition) is 1. The number of rotatable bonds is 4.